The topological polar surface area (TPSA) is 65.0 Å². The Hall–Kier alpha value is -2.57. The van der Waals surface area contributed by atoms with Gasteiger partial charge in [0.05, 0.1) is 12.8 Å². The zero-order chi connectivity index (χ0) is 22.5. The van der Waals surface area contributed by atoms with E-state index in [4.69, 9.17) is 4.74 Å². The van der Waals surface area contributed by atoms with Gasteiger partial charge in [0, 0.05) is 24.8 Å². The van der Waals surface area contributed by atoms with Gasteiger partial charge in [-0.1, -0.05) is 38.1 Å². The number of hydrogen-bond donors (Lipinski definition) is 2. The molecular formula is C25H35N3O3. The van der Waals surface area contributed by atoms with Crippen molar-refractivity contribution in [2.45, 2.75) is 58.7 Å². The van der Waals surface area contributed by atoms with Gasteiger partial charge in [-0.05, 0) is 61.9 Å². The molecule has 0 spiro atoms. The number of anilines is 2. The van der Waals surface area contributed by atoms with E-state index in [1.54, 1.807) is 14.0 Å². The molecule has 0 aromatic heterocycles. The number of aryl methyl sites for hydroxylation is 1. The van der Waals surface area contributed by atoms with Gasteiger partial charge in [-0.2, -0.15) is 0 Å². The molecule has 1 aliphatic rings. The van der Waals surface area contributed by atoms with Crippen LogP contribution in [-0.4, -0.2) is 48.5 Å². The summed E-state index contributed by atoms with van der Waals surface area (Å²) < 4.78 is 5.49. The summed E-state index contributed by atoms with van der Waals surface area (Å²) in [7, 11) is 1.61. The third kappa shape index (κ3) is 5.38. The predicted molar refractivity (Wildman–Crippen MR) is 126 cm³/mol. The second-order valence-corrected chi connectivity index (χ2v) is 8.62. The fraction of sp³-hybridized carbons (Fsp3) is 0.480. The van der Waals surface area contributed by atoms with E-state index in [1.807, 2.05) is 53.1 Å². The Morgan fingerprint density at radius 1 is 1.16 bits per heavy atom. The van der Waals surface area contributed by atoms with Crippen LogP contribution in [0.1, 0.15) is 50.7 Å². The molecule has 1 unspecified atom stereocenters. The van der Waals surface area contributed by atoms with Crippen LogP contribution in [0.15, 0.2) is 42.5 Å². The molecule has 2 aromatic rings. The van der Waals surface area contributed by atoms with E-state index in [2.05, 4.69) is 25.2 Å². The molecule has 31 heavy (non-hydrogen) atoms. The lowest BCUT2D eigenvalue weighted by Gasteiger charge is -2.40. The van der Waals surface area contributed by atoms with Gasteiger partial charge in [-0.3, -0.25) is 9.80 Å². The summed E-state index contributed by atoms with van der Waals surface area (Å²) in [5.41, 5.74) is 3.82. The highest BCUT2D eigenvalue weighted by molar-refractivity contribution is 6.03. The highest BCUT2D eigenvalue weighted by Gasteiger charge is 2.32. The summed E-state index contributed by atoms with van der Waals surface area (Å²) in [6, 6.07) is 13.8. The number of para-hydroxylation sites is 1. The van der Waals surface area contributed by atoms with Crippen LogP contribution < -0.4 is 15.0 Å². The van der Waals surface area contributed by atoms with Crippen LogP contribution in [0.2, 0.25) is 0 Å². The number of benzene rings is 2. The van der Waals surface area contributed by atoms with Gasteiger partial charge in [0.1, 0.15) is 12.0 Å². The van der Waals surface area contributed by atoms with Crippen molar-refractivity contribution in [2.75, 3.05) is 30.4 Å². The largest absolute Gasteiger partial charge is 0.495 e. The summed E-state index contributed by atoms with van der Waals surface area (Å²) in [6.45, 7) is 9.59. The number of carbonyl (C=O) groups excluding carboxylic acids is 1. The highest BCUT2D eigenvalue weighted by Crippen LogP contribution is 2.33. The summed E-state index contributed by atoms with van der Waals surface area (Å²) in [4.78, 5) is 17.6. The molecule has 1 fully saturated rings. The number of amides is 2. The van der Waals surface area contributed by atoms with Gasteiger partial charge in [0.25, 0.3) is 0 Å². The van der Waals surface area contributed by atoms with E-state index < -0.39 is 6.23 Å². The third-order valence-electron chi connectivity index (χ3n) is 6.03. The Kier molecular flexibility index (Phi) is 7.57. The first-order valence-electron chi connectivity index (χ1n) is 11.1. The first-order valence-corrected chi connectivity index (χ1v) is 11.1. The highest BCUT2D eigenvalue weighted by atomic mass is 16.5. The lowest BCUT2D eigenvalue weighted by Crippen LogP contribution is -2.51. The number of likely N-dealkylation sites (tertiary alicyclic amines) is 1. The molecule has 0 aliphatic carbocycles. The maximum Gasteiger partial charge on any atom is 0.326 e. The minimum Gasteiger partial charge on any atom is -0.495 e. The van der Waals surface area contributed by atoms with Crippen molar-refractivity contribution in [3.05, 3.63) is 53.6 Å². The van der Waals surface area contributed by atoms with E-state index in [0.717, 1.165) is 42.7 Å². The van der Waals surface area contributed by atoms with Crippen LogP contribution >= 0.6 is 0 Å². The fourth-order valence-electron chi connectivity index (χ4n) is 4.26. The molecule has 1 heterocycles. The maximum atomic E-state index is 13.7. The van der Waals surface area contributed by atoms with E-state index in [-0.39, 0.29) is 18.0 Å². The van der Waals surface area contributed by atoms with Crippen molar-refractivity contribution < 1.29 is 14.6 Å². The minimum atomic E-state index is -0.469. The summed E-state index contributed by atoms with van der Waals surface area (Å²) >= 11 is 0. The molecule has 6 nitrogen and oxygen atoms in total. The molecule has 6 heteroatoms. The van der Waals surface area contributed by atoms with Gasteiger partial charge < -0.3 is 15.2 Å². The SMILES string of the molecule is COc1cc(C)ccc1NC(=O)N(c1ccccc1C(C)C)C1CCN(C(C)O)CC1. The number of urea groups is 1. The summed E-state index contributed by atoms with van der Waals surface area (Å²) in [5, 5.41) is 13.0. The van der Waals surface area contributed by atoms with Gasteiger partial charge in [-0.15, -0.1) is 0 Å². The number of methoxy groups -OCH3 is 1. The van der Waals surface area contributed by atoms with E-state index in [1.165, 1.54) is 0 Å². The van der Waals surface area contributed by atoms with Crippen LogP contribution in [-0.2, 0) is 0 Å². The quantitative estimate of drug-likeness (QED) is 0.686. The van der Waals surface area contributed by atoms with Crippen LogP contribution in [0.5, 0.6) is 5.75 Å². The Balaban J connectivity index is 1.94. The van der Waals surface area contributed by atoms with E-state index in [9.17, 15) is 9.90 Å². The molecule has 1 atom stereocenters. The van der Waals surface area contributed by atoms with E-state index in [0.29, 0.717) is 11.4 Å². The Bertz CT molecular complexity index is 889. The average Bonchev–Trinajstić information content (AvgIpc) is 2.75. The Labute approximate surface area is 185 Å². The molecule has 3 rings (SSSR count). The summed E-state index contributed by atoms with van der Waals surface area (Å²) in [6.07, 6.45) is 1.13. The lowest BCUT2D eigenvalue weighted by atomic mass is 9.97. The van der Waals surface area contributed by atoms with Gasteiger partial charge in [0.15, 0.2) is 0 Å². The molecule has 168 valence electrons. The Morgan fingerprint density at radius 2 is 1.84 bits per heavy atom. The van der Waals surface area contributed by atoms with Gasteiger partial charge >= 0.3 is 6.03 Å². The second-order valence-electron chi connectivity index (χ2n) is 8.62. The molecule has 1 saturated heterocycles. The minimum absolute atomic E-state index is 0.0475. The van der Waals surface area contributed by atoms with Crippen molar-refractivity contribution in [3.8, 4) is 5.75 Å². The first kappa shape index (κ1) is 23.1. The zero-order valence-corrected chi connectivity index (χ0v) is 19.3. The number of aliphatic hydroxyl groups is 1. The van der Waals surface area contributed by atoms with Crippen molar-refractivity contribution in [1.82, 2.24) is 4.90 Å². The molecule has 0 radical (unpaired) electrons. The molecule has 1 aliphatic heterocycles. The second kappa shape index (κ2) is 10.2. The molecule has 0 bridgehead atoms. The van der Waals surface area contributed by atoms with Crippen LogP contribution in [0.3, 0.4) is 0 Å². The van der Waals surface area contributed by atoms with E-state index >= 15 is 0 Å². The lowest BCUT2D eigenvalue weighted by molar-refractivity contribution is 0.00356. The number of ether oxygens (including phenoxy) is 1. The number of aliphatic hydroxyl groups excluding tert-OH is 1. The van der Waals surface area contributed by atoms with Crippen molar-refractivity contribution in [2.24, 2.45) is 0 Å². The zero-order valence-electron chi connectivity index (χ0n) is 19.3. The first-order chi connectivity index (χ1) is 14.8. The maximum absolute atomic E-state index is 13.7. The molecular weight excluding hydrogens is 390 g/mol. The third-order valence-corrected chi connectivity index (χ3v) is 6.03. The van der Waals surface area contributed by atoms with Crippen LogP contribution in [0, 0.1) is 6.92 Å². The number of rotatable bonds is 6. The number of hydrogen-bond acceptors (Lipinski definition) is 4. The molecule has 2 amide bonds. The molecule has 2 aromatic carbocycles. The average molecular weight is 426 g/mol. The van der Waals surface area contributed by atoms with Gasteiger partial charge in [-0.25, -0.2) is 4.79 Å². The Morgan fingerprint density at radius 3 is 2.45 bits per heavy atom. The van der Waals surface area contributed by atoms with Gasteiger partial charge in [0.2, 0.25) is 0 Å². The number of carbonyl (C=O) groups is 1. The number of nitrogens with zero attached hydrogens (tertiary/aromatic N) is 2. The van der Waals surface area contributed by atoms with Crippen LogP contribution in [0.25, 0.3) is 0 Å². The van der Waals surface area contributed by atoms with Crippen LogP contribution in [0.4, 0.5) is 16.2 Å². The number of nitrogens with one attached hydrogen (secondary N) is 1. The standard InChI is InChI=1S/C25H35N3O3/c1-17(2)21-8-6-7-9-23(21)28(20-12-14-27(15-13-20)19(4)29)25(30)26-22-11-10-18(3)16-24(22)31-5/h6-11,16-17,19-20,29H,12-15H2,1-5H3,(H,26,30). The summed E-state index contributed by atoms with van der Waals surface area (Å²) in [5.74, 6) is 0.937. The predicted octanol–water partition coefficient (Wildman–Crippen LogP) is 4.97. The van der Waals surface area contributed by atoms with Crippen molar-refractivity contribution in [3.63, 3.8) is 0 Å². The molecule has 2 N–H and O–H groups in total. The number of piperidine rings is 1. The van der Waals surface area contributed by atoms with Crippen molar-refractivity contribution >= 4 is 17.4 Å². The molecule has 0 saturated carbocycles. The fourth-order valence-corrected chi connectivity index (χ4v) is 4.26. The smallest absolute Gasteiger partial charge is 0.326 e. The monoisotopic (exact) mass is 425 g/mol. The normalized spacial score (nSPS) is 16.2. The van der Waals surface area contributed by atoms with Crippen molar-refractivity contribution in [1.29, 1.82) is 0 Å².